The van der Waals surface area contributed by atoms with Crippen molar-refractivity contribution in [3.8, 4) is 0 Å². The molecule has 3 rings (SSSR count). The van der Waals surface area contributed by atoms with E-state index in [2.05, 4.69) is 10.3 Å². The van der Waals surface area contributed by atoms with Crippen molar-refractivity contribution in [3.63, 3.8) is 0 Å². The van der Waals surface area contributed by atoms with Gasteiger partial charge in [-0.15, -0.1) is 11.3 Å². The molecule has 6 heteroatoms. The summed E-state index contributed by atoms with van der Waals surface area (Å²) in [6.45, 7) is 4.37. The van der Waals surface area contributed by atoms with Crippen LogP contribution in [0, 0.1) is 13.8 Å². The van der Waals surface area contributed by atoms with E-state index in [1.807, 2.05) is 43.5 Å². The van der Waals surface area contributed by atoms with Crippen molar-refractivity contribution in [1.82, 2.24) is 14.9 Å². The third kappa shape index (κ3) is 2.90. The highest BCUT2D eigenvalue weighted by Crippen LogP contribution is 2.16. The van der Waals surface area contributed by atoms with Gasteiger partial charge in [0.2, 0.25) is 0 Å². The lowest BCUT2D eigenvalue weighted by Crippen LogP contribution is -2.33. The van der Waals surface area contributed by atoms with Crippen molar-refractivity contribution in [3.05, 3.63) is 61.7 Å². The lowest BCUT2D eigenvalue weighted by atomic mass is 10.1. The number of carbonyl (C=O) groups is 1. The van der Waals surface area contributed by atoms with Crippen LogP contribution in [0.25, 0.3) is 11.0 Å². The van der Waals surface area contributed by atoms with E-state index < -0.39 is 5.91 Å². The van der Waals surface area contributed by atoms with Crippen LogP contribution in [-0.4, -0.2) is 15.5 Å². The van der Waals surface area contributed by atoms with Crippen LogP contribution in [0.5, 0.6) is 0 Å². The molecule has 0 unspecified atom stereocenters. The maximum atomic E-state index is 12.4. The molecule has 2 aromatic heterocycles. The molecule has 0 fully saturated rings. The van der Waals surface area contributed by atoms with Crippen LogP contribution in [0.2, 0.25) is 0 Å². The first-order chi connectivity index (χ1) is 11.0. The zero-order valence-electron chi connectivity index (χ0n) is 13.2. The molecule has 118 valence electrons. The quantitative estimate of drug-likeness (QED) is 0.804. The van der Waals surface area contributed by atoms with Crippen molar-refractivity contribution in [2.45, 2.75) is 20.4 Å². The first kappa shape index (κ1) is 15.4. The first-order valence-corrected chi connectivity index (χ1v) is 8.14. The van der Waals surface area contributed by atoms with E-state index in [0.717, 1.165) is 21.5 Å². The number of hydrogen-bond donors (Lipinski definition) is 1. The molecule has 0 aliphatic carbocycles. The molecule has 1 N–H and O–H groups in total. The Morgan fingerprint density at radius 1 is 1.30 bits per heavy atom. The van der Waals surface area contributed by atoms with Gasteiger partial charge >= 0.3 is 0 Å². The number of nitrogens with one attached hydrogen (secondary N) is 1. The minimum atomic E-state index is -0.445. The van der Waals surface area contributed by atoms with Gasteiger partial charge in [-0.3, -0.25) is 9.59 Å². The fourth-order valence-corrected chi connectivity index (χ4v) is 3.04. The molecular formula is C17H17N3O2S. The van der Waals surface area contributed by atoms with Gasteiger partial charge in [-0.05, 0) is 48.6 Å². The van der Waals surface area contributed by atoms with Crippen LogP contribution < -0.4 is 10.9 Å². The van der Waals surface area contributed by atoms with Crippen molar-refractivity contribution in [2.75, 3.05) is 0 Å². The number of aryl methyl sites for hydroxylation is 3. The summed E-state index contributed by atoms with van der Waals surface area (Å²) in [7, 11) is 1.66. The normalized spacial score (nSPS) is 10.9. The van der Waals surface area contributed by atoms with Gasteiger partial charge in [-0.25, -0.2) is 4.98 Å². The van der Waals surface area contributed by atoms with E-state index in [1.165, 1.54) is 4.57 Å². The number of carbonyl (C=O) groups excluding carboxylic acids is 1. The van der Waals surface area contributed by atoms with E-state index in [9.17, 15) is 9.59 Å². The Morgan fingerprint density at radius 2 is 2.04 bits per heavy atom. The zero-order valence-corrected chi connectivity index (χ0v) is 14.0. The molecule has 0 aliphatic rings. The number of benzene rings is 1. The average molecular weight is 327 g/mol. The number of thiophene rings is 1. The third-order valence-corrected chi connectivity index (χ3v) is 4.79. The molecule has 23 heavy (non-hydrogen) atoms. The standard InChI is InChI=1S/C17H17N3O2S/c1-10-7-13-14(8-11(10)2)20(3)17(22)15(19-13)16(21)18-9-12-5-4-6-23-12/h4-8H,9H2,1-3H3,(H,18,21). The Balaban J connectivity index is 2.00. The number of rotatable bonds is 3. The predicted octanol–water partition coefficient (Wildman–Crippen LogP) is 2.54. The second-order valence-corrected chi connectivity index (χ2v) is 6.54. The minimum absolute atomic E-state index is 0.0696. The van der Waals surface area contributed by atoms with E-state index in [1.54, 1.807) is 18.4 Å². The van der Waals surface area contributed by atoms with Crippen molar-refractivity contribution in [1.29, 1.82) is 0 Å². The van der Waals surface area contributed by atoms with Crippen LogP contribution in [-0.2, 0) is 13.6 Å². The lowest BCUT2D eigenvalue weighted by Gasteiger charge is -2.10. The molecule has 0 aliphatic heterocycles. The lowest BCUT2D eigenvalue weighted by molar-refractivity contribution is 0.0944. The molecule has 0 radical (unpaired) electrons. The Bertz CT molecular complexity index is 943. The van der Waals surface area contributed by atoms with Gasteiger partial charge in [0.1, 0.15) is 0 Å². The van der Waals surface area contributed by atoms with Gasteiger partial charge in [0.15, 0.2) is 5.69 Å². The van der Waals surface area contributed by atoms with Crippen LogP contribution in [0.4, 0.5) is 0 Å². The van der Waals surface area contributed by atoms with E-state index in [-0.39, 0.29) is 11.3 Å². The molecule has 0 bridgehead atoms. The highest BCUT2D eigenvalue weighted by Gasteiger charge is 2.16. The van der Waals surface area contributed by atoms with E-state index in [4.69, 9.17) is 0 Å². The molecule has 0 atom stereocenters. The van der Waals surface area contributed by atoms with Gasteiger partial charge in [0.05, 0.1) is 17.6 Å². The number of aromatic nitrogens is 2. The first-order valence-electron chi connectivity index (χ1n) is 7.26. The zero-order chi connectivity index (χ0) is 16.6. The summed E-state index contributed by atoms with van der Waals surface area (Å²) >= 11 is 1.56. The van der Waals surface area contributed by atoms with Crippen molar-refractivity contribution in [2.24, 2.45) is 7.05 Å². The predicted molar refractivity (Wildman–Crippen MR) is 91.9 cm³/mol. The summed E-state index contributed by atoms with van der Waals surface area (Å²) in [6.07, 6.45) is 0. The largest absolute Gasteiger partial charge is 0.346 e. The van der Waals surface area contributed by atoms with Crippen LogP contribution in [0.3, 0.4) is 0 Å². The number of fused-ring (bicyclic) bond motifs is 1. The molecule has 0 spiro atoms. The summed E-state index contributed by atoms with van der Waals surface area (Å²) in [4.78, 5) is 30.1. The number of nitrogens with zero attached hydrogens (tertiary/aromatic N) is 2. The molecule has 5 nitrogen and oxygen atoms in total. The molecule has 0 saturated heterocycles. The highest BCUT2D eigenvalue weighted by molar-refractivity contribution is 7.09. The molecule has 3 aromatic rings. The van der Waals surface area contributed by atoms with Gasteiger partial charge in [-0.2, -0.15) is 0 Å². The molecular weight excluding hydrogens is 310 g/mol. The van der Waals surface area contributed by atoms with Crippen molar-refractivity contribution < 1.29 is 4.79 Å². The fourth-order valence-electron chi connectivity index (χ4n) is 2.39. The monoisotopic (exact) mass is 327 g/mol. The van der Waals surface area contributed by atoms with Crippen molar-refractivity contribution >= 4 is 28.3 Å². The van der Waals surface area contributed by atoms with E-state index >= 15 is 0 Å². The number of hydrogen-bond acceptors (Lipinski definition) is 4. The summed E-state index contributed by atoms with van der Waals surface area (Å²) in [6, 6.07) is 7.68. The second-order valence-electron chi connectivity index (χ2n) is 5.51. The van der Waals surface area contributed by atoms with Crippen LogP contribution in [0.1, 0.15) is 26.5 Å². The SMILES string of the molecule is Cc1cc2nc(C(=O)NCc3cccs3)c(=O)n(C)c2cc1C. The van der Waals surface area contributed by atoms with Crippen LogP contribution in [0.15, 0.2) is 34.4 Å². The summed E-state index contributed by atoms with van der Waals surface area (Å²) in [5.74, 6) is -0.445. The molecule has 1 aromatic carbocycles. The Hall–Kier alpha value is -2.47. The van der Waals surface area contributed by atoms with Crippen LogP contribution >= 0.6 is 11.3 Å². The molecule has 2 heterocycles. The van der Waals surface area contributed by atoms with Gasteiger partial charge < -0.3 is 9.88 Å². The Kier molecular flexibility index (Phi) is 4.00. The maximum Gasteiger partial charge on any atom is 0.282 e. The Morgan fingerprint density at radius 3 is 2.74 bits per heavy atom. The highest BCUT2D eigenvalue weighted by atomic mass is 32.1. The smallest absolute Gasteiger partial charge is 0.282 e. The minimum Gasteiger partial charge on any atom is -0.346 e. The molecule has 1 amide bonds. The Labute approximate surface area is 137 Å². The summed E-state index contributed by atoms with van der Waals surface area (Å²) < 4.78 is 1.48. The van der Waals surface area contributed by atoms with Gasteiger partial charge in [-0.1, -0.05) is 6.07 Å². The molecule has 0 saturated carbocycles. The summed E-state index contributed by atoms with van der Waals surface area (Å²) in [5.41, 5.74) is 3.09. The number of amides is 1. The van der Waals surface area contributed by atoms with Gasteiger partial charge in [0, 0.05) is 11.9 Å². The maximum absolute atomic E-state index is 12.4. The summed E-state index contributed by atoms with van der Waals surface area (Å²) in [5, 5.41) is 4.70. The van der Waals surface area contributed by atoms with E-state index in [0.29, 0.717) is 12.1 Å². The average Bonchev–Trinajstić information content (AvgIpc) is 3.04. The topological polar surface area (TPSA) is 64.0 Å². The van der Waals surface area contributed by atoms with Gasteiger partial charge in [0.25, 0.3) is 11.5 Å². The second kappa shape index (κ2) is 5.96. The fraction of sp³-hybridized carbons (Fsp3) is 0.235. The third-order valence-electron chi connectivity index (χ3n) is 3.91.